The highest BCUT2D eigenvalue weighted by Crippen LogP contribution is 2.44. The van der Waals surface area contributed by atoms with Crippen molar-refractivity contribution in [1.29, 1.82) is 0 Å². The molecule has 2 aromatic carbocycles. The summed E-state index contributed by atoms with van der Waals surface area (Å²) in [5.41, 5.74) is -5.72. The van der Waals surface area contributed by atoms with Gasteiger partial charge in [-0.3, -0.25) is 20.2 Å². The highest BCUT2D eigenvalue weighted by atomic mass is 35.5. The number of hydrogen-bond donors (Lipinski definition) is 1. The minimum absolute atomic E-state index is 0.115. The summed E-state index contributed by atoms with van der Waals surface area (Å²) in [5, 5.41) is 23.0. The maximum absolute atomic E-state index is 13.6. The van der Waals surface area contributed by atoms with Gasteiger partial charge >= 0.3 is 6.18 Å². The molecule has 0 saturated carbocycles. The fourth-order valence-electron chi connectivity index (χ4n) is 2.00. The largest absolute Gasteiger partial charge is 0.418 e. The molecule has 2 aromatic rings. The summed E-state index contributed by atoms with van der Waals surface area (Å²) < 4.78 is 53.4. The molecule has 0 aliphatic carbocycles. The summed E-state index contributed by atoms with van der Waals surface area (Å²) in [7, 11) is 0. The summed E-state index contributed by atoms with van der Waals surface area (Å²) in [4.78, 5) is 19.4. The van der Waals surface area contributed by atoms with Crippen molar-refractivity contribution in [2.45, 2.75) is 6.18 Å². The molecule has 0 saturated heterocycles. The summed E-state index contributed by atoms with van der Waals surface area (Å²) in [6.45, 7) is 0. The molecule has 0 aliphatic heterocycles. The fourth-order valence-corrected chi connectivity index (χ4v) is 2.36. The first-order chi connectivity index (χ1) is 11.9. The van der Waals surface area contributed by atoms with Crippen LogP contribution in [0.4, 0.5) is 40.3 Å². The highest BCUT2D eigenvalue weighted by Gasteiger charge is 2.40. The molecule has 0 aromatic heterocycles. The standard InChI is InChI=1S/C13H5Cl2F4N3O4/c14-5-1-8(16)11(15)9(2-5)20-12-7(13(17,18)19)3-6(21(23)24)4-10(12)22(25)26/h1-4,20H. The van der Waals surface area contributed by atoms with Crippen LogP contribution in [-0.4, -0.2) is 9.85 Å². The lowest BCUT2D eigenvalue weighted by Crippen LogP contribution is -2.12. The molecular formula is C13H5Cl2F4N3O4. The lowest BCUT2D eigenvalue weighted by Gasteiger charge is -2.16. The molecule has 0 heterocycles. The van der Waals surface area contributed by atoms with Gasteiger partial charge in [-0.1, -0.05) is 23.2 Å². The van der Waals surface area contributed by atoms with E-state index in [1.807, 2.05) is 5.32 Å². The summed E-state index contributed by atoms with van der Waals surface area (Å²) in [6.07, 6.45) is -5.19. The van der Waals surface area contributed by atoms with E-state index in [4.69, 9.17) is 23.2 Å². The first-order valence-corrected chi connectivity index (χ1v) is 7.13. The minimum atomic E-state index is -5.19. The third-order valence-corrected chi connectivity index (χ3v) is 3.67. The Balaban J connectivity index is 2.78. The number of anilines is 2. The van der Waals surface area contributed by atoms with Crippen LogP contribution in [0.2, 0.25) is 10.0 Å². The molecule has 13 heteroatoms. The van der Waals surface area contributed by atoms with E-state index in [9.17, 15) is 37.8 Å². The maximum Gasteiger partial charge on any atom is 0.418 e. The van der Waals surface area contributed by atoms with E-state index >= 15 is 0 Å². The van der Waals surface area contributed by atoms with Gasteiger partial charge in [0.2, 0.25) is 0 Å². The molecule has 7 nitrogen and oxygen atoms in total. The third-order valence-electron chi connectivity index (χ3n) is 3.07. The first-order valence-electron chi connectivity index (χ1n) is 6.37. The lowest BCUT2D eigenvalue weighted by atomic mass is 10.1. The molecule has 0 unspecified atom stereocenters. The summed E-state index contributed by atoms with van der Waals surface area (Å²) in [6, 6.07) is 2.18. The Morgan fingerprint density at radius 1 is 1.00 bits per heavy atom. The fraction of sp³-hybridized carbons (Fsp3) is 0.0769. The van der Waals surface area contributed by atoms with Gasteiger partial charge in [0.25, 0.3) is 11.4 Å². The summed E-state index contributed by atoms with van der Waals surface area (Å²) in [5.74, 6) is -1.08. The number of benzene rings is 2. The van der Waals surface area contributed by atoms with Crippen molar-refractivity contribution in [3.63, 3.8) is 0 Å². The minimum Gasteiger partial charge on any atom is -0.348 e. The van der Waals surface area contributed by atoms with E-state index in [-0.39, 0.29) is 11.1 Å². The number of nitrogens with zero attached hydrogens (tertiary/aromatic N) is 2. The van der Waals surface area contributed by atoms with Crippen LogP contribution in [0.15, 0.2) is 24.3 Å². The van der Waals surface area contributed by atoms with Gasteiger partial charge in [0.15, 0.2) is 0 Å². The topological polar surface area (TPSA) is 98.3 Å². The maximum atomic E-state index is 13.6. The second-order valence-corrected chi connectivity index (χ2v) is 5.59. The Morgan fingerprint density at radius 3 is 2.12 bits per heavy atom. The van der Waals surface area contributed by atoms with E-state index in [2.05, 4.69) is 0 Å². The number of nitrogens with one attached hydrogen (secondary N) is 1. The molecule has 0 spiro atoms. The zero-order valence-corrected chi connectivity index (χ0v) is 13.6. The SMILES string of the molecule is O=[N+]([O-])c1cc([N+](=O)[O-])c(Nc2cc(Cl)cc(F)c2Cl)c(C(F)(F)F)c1. The van der Waals surface area contributed by atoms with Gasteiger partial charge in [0, 0.05) is 11.1 Å². The number of halogens is 6. The van der Waals surface area contributed by atoms with Gasteiger partial charge in [-0.25, -0.2) is 4.39 Å². The van der Waals surface area contributed by atoms with Crippen molar-refractivity contribution in [2.75, 3.05) is 5.32 Å². The van der Waals surface area contributed by atoms with Crippen LogP contribution < -0.4 is 5.32 Å². The van der Waals surface area contributed by atoms with Crippen molar-refractivity contribution in [1.82, 2.24) is 0 Å². The predicted octanol–water partition coefficient (Wildman–Crippen LogP) is 5.71. The number of non-ortho nitro benzene ring substituents is 1. The van der Waals surface area contributed by atoms with Crippen LogP contribution in [0.1, 0.15) is 5.56 Å². The van der Waals surface area contributed by atoms with E-state index < -0.39 is 55.2 Å². The first kappa shape index (κ1) is 19.7. The van der Waals surface area contributed by atoms with Crippen molar-refractivity contribution in [2.24, 2.45) is 0 Å². The zero-order chi connectivity index (χ0) is 19.8. The predicted molar refractivity (Wildman–Crippen MR) is 84.5 cm³/mol. The second-order valence-electron chi connectivity index (χ2n) is 4.77. The van der Waals surface area contributed by atoms with Gasteiger partial charge in [-0.15, -0.1) is 0 Å². The molecule has 26 heavy (non-hydrogen) atoms. The average molecular weight is 414 g/mol. The number of hydrogen-bond acceptors (Lipinski definition) is 5. The molecule has 1 N–H and O–H groups in total. The van der Waals surface area contributed by atoms with Crippen molar-refractivity contribution in [3.8, 4) is 0 Å². The summed E-state index contributed by atoms with van der Waals surface area (Å²) >= 11 is 11.2. The molecule has 2 rings (SSSR count). The zero-order valence-electron chi connectivity index (χ0n) is 12.1. The van der Waals surface area contributed by atoms with Crippen LogP contribution in [0.25, 0.3) is 0 Å². The second kappa shape index (κ2) is 6.92. The number of nitro benzene ring substituents is 2. The lowest BCUT2D eigenvalue weighted by molar-refractivity contribution is -0.394. The van der Waals surface area contributed by atoms with Gasteiger partial charge in [0.05, 0.1) is 32.2 Å². The van der Waals surface area contributed by atoms with Crippen LogP contribution in [0.5, 0.6) is 0 Å². The van der Waals surface area contributed by atoms with Crippen LogP contribution >= 0.6 is 23.2 Å². The van der Waals surface area contributed by atoms with E-state index in [0.717, 1.165) is 12.1 Å². The van der Waals surface area contributed by atoms with Crippen molar-refractivity contribution < 1.29 is 27.4 Å². The van der Waals surface area contributed by atoms with Crippen molar-refractivity contribution in [3.05, 3.63) is 65.9 Å². The average Bonchev–Trinajstić information content (AvgIpc) is 2.50. The monoisotopic (exact) mass is 413 g/mol. The molecular weight excluding hydrogens is 409 g/mol. The normalized spacial score (nSPS) is 11.3. The quantitative estimate of drug-likeness (QED) is 0.299. The van der Waals surface area contributed by atoms with Gasteiger partial charge in [-0.05, 0) is 12.1 Å². The number of nitro groups is 2. The highest BCUT2D eigenvalue weighted by molar-refractivity contribution is 6.35. The molecule has 138 valence electrons. The molecule has 0 amide bonds. The Hall–Kier alpha value is -2.66. The van der Waals surface area contributed by atoms with Gasteiger partial charge < -0.3 is 5.32 Å². The number of rotatable bonds is 4. The van der Waals surface area contributed by atoms with E-state index in [1.54, 1.807) is 0 Å². The third kappa shape index (κ3) is 3.94. The molecule has 0 aliphatic rings. The smallest absolute Gasteiger partial charge is 0.348 e. The van der Waals surface area contributed by atoms with Gasteiger partial charge in [0.1, 0.15) is 11.5 Å². The Morgan fingerprint density at radius 2 is 1.62 bits per heavy atom. The molecule has 0 radical (unpaired) electrons. The van der Waals surface area contributed by atoms with E-state index in [1.165, 1.54) is 0 Å². The number of alkyl halides is 3. The van der Waals surface area contributed by atoms with E-state index in [0.29, 0.717) is 6.07 Å². The molecule has 0 fully saturated rings. The Kier molecular flexibility index (Phi) is 5.23. The van der Waals surface area contributed by atoms with Crippen LogP contribution in [0, 0.1) is 26.0 Å². The Labute approximate surface area is 151 Å². The van der Waals surface area contributed by atoms with Gasteiger partial charge in [-0.2, -0.15) is 13.2 Å². The van der Waals surface area contributed by atoms with Crippen LogP contribution in [-0.2, 0) is 6.18 Å². The van der Waals surface area contributed by atoms with Crippen LogP contribution in [0.3, 0.4) is 0 Å². The molecule has 0 atom stereocenters. The Bertz CT molecular complexity index is 921. The molecule has 0 bridgehead atoms. The van der Waals surface area contributed by atoms with Crippen molar-refractivity contribution >= 4 is 46.0 Å².